The second kappa shape index (κ2) is 9.54. The number of nitrogens with one attached hydrogen (secondary N) is 1. The van der Waals surface area contributed by atoms with E-state index < -0.39 is 5.97 Å². The molecular formula is C32H27ClN2O4. The van der Waals surface area contributed by atoms with Crippen LogP contribution in [0.4, 0.5) is 5.69 Å². The van der Waals surface area contributed by atoms with Gasteiger partial charge in [-0.1, -0.05) is 37.6 Å². The average Bonchev–Trinajstić information content (AvgIpc) is 2.92. The van der Waals surface area contributed by atoms with Crippen LogP contribution in [0.3, 0.4) is 0 Å². The number of methoxy groups -OCH3 is 1. The van der Waals surface area contributed by atoms with E-state index in [0.29, 0.717) is 28.5 Å². The van der Waals surface area contributed by atoms with Gasteiger partial charge in [0.05, 0.1) is 24.2 Å². The lowest BCUT2D eigenvalue weighted by atomic mass is 9.68. The molecule has 1 N–H and O–H groups in total. The molecule has 0 spiro atoms. The molecular weight excluding hydrogens is 512 g/mol. The zero-order chi connectivity index (χ0) is 27.3. The first-order valence-electron chi connectivity index (χ1n) is 12.8. The first kappa shape index (κ1) is 25.1. The van der Waals surface area contributed by atoms with Gasteiger partial charge >= 0.3 is 5.97 Å². The van der Waals surface area contributed by atoms with Gasteiger partial charge in [0.15, 0.2) is 17.3 Å². The van der Waals surface area contributed by atoms with Crippen molar-refractivity contribution in [3.8, 4) is 11.5 Å². The van der Waals surface area contributed by atoms with Crippen molar-refractivity contribution in [1.29, 1.82) is 0 Å². The maximum Gasteiger partial charge on any atom is 0.343 e. The number of fused-ring (bicyclic) bond motifs is 4. The van der Waals surface area contributed by atoms with Gasteiger partial charge in [0.25, 0.3) is 0 Å². The third-order valence-corrected chi connectivity index (χ3v) is 7.65. The van der Waals surface area contributed by atoms with Gasteiger partial charge in [0.2, 0.25) is 0 Å². The van der Waals surface area contributed by atoms with Crippen LogP contribution in [0.2, 0.25) is 5.02 Å². The van der Waals surface area contributed by atoms with Crippen LogP contribution >= 0.6 is 11.6 Å². The SMILES string of the molecule is COc1cc(C2Nc3ccc4ncccc4c3C3=C2C(=O)CC(C)(C)C3)ccc1OC(=O)c1ccc(Cl)cc1. The summed E-state index contributed by atoms with van der Waals surface area (Å²) in [5, 5.41) is 5.19. The molecule has 3 aromatic carbocycles. The van der Waals surface area contributed by atoms with E-state index in [4.69, 9.17) is 21.1 Å². The Morgan fingerprint density at radius 3 is 2.59 bits per heavy atom. The standard InChI is InChI=1S/C32H27ClN2O4/c1-32(2)16-22-28-21-5-4-14-34-23(21)11-12-24(28)35-30(29(22)25(36)17-32)19-8-13-26(27(15-19)38-3)39-31(37)18-6-9-20(33)10-7-18/h4-15,30,35H,16-17H2,1-3H3. The molecule has 6 rings (SSSR count). The maximum atomic E-state index is 13.7. The summed E-state index contributed by atoms with van der Waals surface area (Å²) in [5.41, 5.74) is 5.80. The first-order chi connectivity index (χ1) is 18.7. The smallest absolute Gasteiger partial charge is 0.343 e. The average molecular weight is 539 g/mol. The molecule has 1 aromatic heterocycles. The number of esters is 1. The number of rotatable bonds is 4. The fraction of sp³-hybridized carbons (Fsp3) is 0.219. The van der Waals surface area contributed by atoms with Crippen LogP contribution in [0.1, 0.15) is 54.2 Å². The summed E-state index contributed by atoms with van der Waals surface area (Å²) in [7, 11) is 1.53. The quantitative estimate of drug-likeness (QED) is 0.215. The predicted molar refractivity (Wildman–Crippen MR) is 152 cm³/mol. The Kier molecular flexibility index (Phi) is 6.15. The Bertz CT molecular complexity index is 1670. The number of carbonyl (C=O) groups is 2. The summed E-state index contributed by atoms with van der Waals surface area (Å²) < 4.78 is 11.3. The van der Waals surface area contributed by atoms with Crippen molar-refractivity contribution >= 4 is 45.5 Å². The number of ketones is 1. The largest absolute Gasteiger partial charge is 0.493 e. The number of ether oxygens (including phenoxy) is 2. The van der Waals surface area contributed by atoms with E-state index in [2.05, 4.69) is 30.2 Å². The number of anilines is 1. The molecule has 0 saturated heterocycles. The molecule has 0 amide bonds. The van der Waals surface area contributed by atoms with Gasteiger partial charge in [0, 0.05) is 39.9 Å². The first-order valence-corrected chi connectivity index (χ1v) is 13.2. The summed E-state index contributed by atoms with van der Waals surface area (Å²) in [5.74, 6) is 0.302. The van der Waals surface area contributed by atoms with Crippen LogP contribution in [0.15, 0.2) is 78.5 Å². The third kappa shape index (κ3) is 4.55. The molecule has 0 fully saturated rings. The van der Waals surface area contributed by atoms with E-state index in [1.807, 2.05) is 30.3 Å². The van der Waals surface area contributed by atoms with Gasteiger partial charge in [-0.15, -0.1) is 0 Å². The van der Waals surface area contributed by atoms with Crippen molar-refractivity contribution in [2.75, 3.05) is 12.4 Å². The molecule has 196 valence electrons. The van der Waals surface area contributed by atoms with E-state index >= 15 is 0 Å². The van der Waals surface area contributed by atoms with Crippen LogP contribution in [0.25, 0.3) is 16.5 Å². The van der Waals surface area contributed by atoms with Crippen molar-refractivity contribution in [1.82, 2.24) is 4.98 Å². The van der Waals surface area contributed by atoms with Crippen LogP contribution in [-0.2, 0) is 4.79 Å². The third-order valence-electron chi connectivity index (χ3n) is 7.40. The number of halogens is 1. The number of hydrogen-bond acceptors (Lipinski definition) is 6. The molecule has 1 atom stereocenters. The van der Waals surface area contributed by atoms with E-state index in [-0.39, 0.29) is 17.2 Å². The number of nitrogens with zero attached hydrogens (tertiary/aromatic N) is 1. The normalized spacial score (nSPS) is 17.7. The van der Waals surface area contributed by atoms with Crippen molar-refractivity contribution in [2.45, 2.75) is 32.7 Å². The Labute approximate surface area is 231 Å². The lowest BCUT2D eigenvalue weighted by Crippen LogP contribution is -2.33. The molecule has 0 saturated carbocycles. The van der Waals surface area contributed by atoms with E-state index in [9.17, 15) is 9.59 Å². The number of carbonyl (C=O) groups excluding carboxylic acids is 2. The number of hydrogen-bond donors (Lipinski definition) is 1. The minimum Gasteiger partial charge on any atom is -0.493 e. The number of pyridine rings is 1. The highest BCUT2D eigenvalue weighted by Gasteiger charge is 2.41. The summed E-state index contributed by atoms with van der Waals surface area (Å²) in [4.78, 5) is 31.0. The van der Waals surface area contributed by atoms with E-state index in [0.717, 1.165) is 45.3 Å². The zero-order valence-corrected chi connectivity index (χ0v) is 22.6. The van der Waals surface area contributed by atoms with Crippen LogP contribution in [-0.4, -0.2) is 23.8 Å². The second-order valence-corrected chi connectivity index (χ2v) is 11.2. The van der Waals surface area contributed by atoms with Gasteiger partial charge in [-0.2, -0.15) is 0 Å². The van der Waals surface area contributed by atoms with Crippen LogP contribution in [0, 0.1) is 5.41 Å². The molecule has 1 unspecified atom stereocenters. The van der Waals surface area contributed by atoms with Gasteiger partial charge in [-0.25, -0.2) is 4.79 Å². The highest BCUT2D eigenvalue weighted by Crippen LogP contribution is 2.52. The molecule has 1 aliphatic carbocycles. The molecule has 1 aliphatic heterocycles. The number of Topliss-reactive ketones (excluding diaryl/α,β-unsaturated/α-hetero) is 1. The Hall–Kier alpha value is -4.16. The fourth-order valence-corrected chi connectivity index (χ4v) is 5.79. The van der Waals surface area contributed by atoms with Crippen LogP contribution in [0.5, 0.6) is 11.5 Å². The molecule has 4 aromatic rings. The number of allylic oxidation sites excluding steroid dienone is 1. The minimum atomic E-state index is -0.516. The van der Waals surface area contributed by atoms with Gasteiger partial charge < -0.3 is 14.8 Å². The molecule has 0 radical (unpaired) electrons. The lowest BCUT2D eigenvalue weighted by Gasteiger charge is -2.40. The molecule has 2 heterocycles. The zero-order valence-electron chi connectivity index (χ0n) is 21.9. The van der Waals surface area contributed by atoms with Crippen LogP contribution < -0.4 is 14.8 Å². The van der Waals surface area contributed by atoms with Crippen molar-refractivity contribution < 1.29 is 19.1 Å². The van der Waals surface area contributed by atoms with Gasteiger partial charge in [-0.05, 0) is 77.6 Å². The van der Waals surface area contributed by atoms with Gasteiger partial charge in [0.1, 0.15) is 0 Å². The number of aromatic nitrogens is 1. The van der Waals surface area contributed by atoms with E-state index in [1.54, 1.807) is 36.5 Å². The van der Waals surface area contributed by atoms with Crippen molar-refractivity contribution in [3.05, 3.63) is 100 Å². The summed E-state index contributed by atoms with van der Waals surface area (Å²) >= 11 is 5.94. The summed E-state index contributed by atoms with van der Waals surface area (Å²) in [6.07, 6.45) is 3.03. The highest BCUT2D eigenvalue weighted by atomic mass is 35.5. The number of benzene rings is 3. The minimum absolute atomic E-state index is 0.127. The molecule has 2 aliphatic rings. The Morgan fingerprint density at radius 1 is 1.03 bits per heavy atom. The Morgan fingerprint density at radius 2 is 1.82 bits per heavy atom. The molecule has 6 nitrogen and oxygen atoms in total. The lowest BCUT2D eigenvalue weighted by molar-refractivity contribution is -0.118. The monoisotopic (exact) mass is 538 g/mol. The van der Waals surface area contributed by atoms with Crippen molar-refractivity contribution in [2.24, 2.45) is 5.41 Å². The predicted octanol–water partition coefficient (Wildman–Crippen LogP) is 7.43. The fourth-order valence-electron chi connectivity index (χ4n) is 5.66. The maximum absolute atomic E-state index is 13.7. The Balaban J connectivity index is 1.42. The molecule has 0 bridgehead atoms. The summed E-state index contributed by atoms with van der Waals surface area (Å²) in [6.45, 7) is 4.28. The summed E-state index contributed by atoms with van der Waals surface area (Å²) in [6, 6.07) is 19.6. The highest BCUT2D eigenvalue weighted by molar-refractivity contribution is 6.30. The topological polar surface area (TPSA) is 77.5 Å². The molecule has 39 heavy (non-hydrogen) atoms. The van der Waals surface area contributed by atoms with Gasteiger partial charge in [-0.3, -0.25) is 9.78 Å². The molecule has 7 heteroatoms. The van der Waals surface area contributed by atoms with Crippen molar-refractivity contribution in [3.63, 3.8) is 0 Å². The van der Waals surface area contributed by atoms with E-state index in [1.165, 1.54) is 7.11 Å². The second-order valence-electron chi connectivity index (χ2n) is 10.8.